The van der Waals surface area contributed by atoms with Crippen LogP contribution in [0.1, 0.15) is 44.7 Å². The van der Waals surface area contributed by atoms with Crippen molar-refractivity contribution in [2.24, 2.45) is 0 Å². The van der Waals surface area contributed by atoms with Gasteiger partial charge in [0.2, 0.25) is 0 Å². The second kappa shape index (κ2) is 7.53. The molecule has 0 unspecified atom stereocenters. The minimum Gasteiger partial charge on any atom is -0.368 e. The Labute approximate surface area is 125 Å². The molecule has 2 rings (SSSR count). The zero-order valence-corrected chi connectivity index (χ0v) is 13.4. The zero-order chi connectivity index (χ0) is 14.4. The van der Waals surface area contributed by atoms with Gasteiger partial charge in [-0.2, -0.15) is 16.9 Å². The molecular formula is C15H24N4S. The molecule has 20 heavy (non-hydrogen) atoms. The summed E-state index contributed by atoms with van der Waals surface area (Å²) in [6, 6.07) is 2.13. The van der Waals surface area contributed by atoms with Crippen LogP contribution in [0.4, 0.5) is 5.82 Å². The quantitative estimate of drug-likeness (QED) is 0.752. The first-order chi connectivity index (χ1) is 9.72. The molecule has 0 aromatic carbocycles. The smallest absolute Gasteiger partial charge is 0.152 e. The van der Waals surface area contributed by atoms with E-state index in [1.54, 1.807) is 6.20 Å². The van der Waals surface area contributed by atoms with Crippen molar-refractivity contribution < 1.29 is 0 Å². The summed E-state index contributed by atoms with van der Waals surface area (Å²) in [5.41, 5.74) is 2.18. The highest BCUT2D eigenvalue weighted by atomic mass is 32.2. The van der Waals surface area contributed by atoms with Crippen molar-refractivity contribution in [3.8, 4) is 0 Å². The number of fused-ring (bicyclic) bond motifs is 1. The molecule has 0 aliphatic carbocycles. The predicted octanol–water partition coefficient (Wildman–Crippen LogP) is 3.80. The lowest BCUT2D eigenvalue weighted by Crippen LogP contribution is -2.05. The number of hydrogen-bond donors (Lipinski definition) is 1. The molecule has 0 atom stereocenters. The van der Waals surface area contributed by atoms with E-state index in [-0.39, 0.29) is 0 Å². The van der Waals surface area contributed by atoms with Crippen molar-refractivity contribution in [2.45, 2.75) is 39.0 Å². The normalized spacial score (nSPS) is 11.4. The first-order valence-electron chi connectivity index (χ1n) is 7.29. The van der Waals surface area contributed by atoms with Crippen LogP contribution in [0.15, 0.2) is 18.5 Å². The number of unbranched alkanes of at least 4 members (excludes halogenated alkanes) is 2. The third kappa shape index (κ3) is 3.88. The summed E-state index contributed by atoms with van der Waals surface area (Å²) in [5, 5.41) is 8.01. The monoisotopic (exact) mass is 292 g/mol. The first kappa shape index (κ1) is 15.2. The van der Waals surface area contributed by atoms with E-state index in [1.807, 2.05) is 22.5 Å². The number of anilines is 1. The van der Waals surface area contributed by atoms with Crippen LogP contribution in [0.5, 0.6) is 0 Å². The van der Waals surface area contributed by atoms with E-state index >= 15 is 0 Å². The van der Waals surface area contributed by atoms with Gasteiger partial charge in [0.1, 0.15) is 5.52 Å². The summed E-state index contributed by atoms with van der Waals surface area (Å²) in [6.45, 7) is 5.30. The molecule has 0 amide bonds. The number of aromatic nitrogens is 3. The Morgan fingerprint density at radius 3 is 2.90 bits per heavy atom. The molecule has 0 saturated carbocycles. The van der Waals surface area contributed by atoms with Gasteiger partial charge in [0.05, 0.1) is 5.69 Å². The summed E-state index contributed by atoms with van der Waals surface area (Å²) in [7, 11) is 0. The highest BCUT2D eigenvalue weighted by Gasteiger charge is 2.09. The fraction of sp³-hybridized carbons (Fsp3) is 0.600. The van der Waals surface area contributed by atoms with Crippen molar-refractivity contribution in [2.75, 3.05) is 23.9 Å². The van der Waals surface area contributed by atoms with Crippen LogP contribution in [0.2, 0.25) is 0 Å². The Hall–Kier alpha value is -1.23. The summed E-state index contributed by atoms with van der Waals surface area (Å²) in [4.78, 5) is 4.44. The number of rotatable bonds is 8. The minimum atomic E-state index is 0.439. The topological polar surface area (TPSA) is 42.2 Å². The average molecular weight is 292 g/mol. The van der Waals surface area contributed by atoms with Crippen molar-refractivity contribution in [3.63, 3.8) is 0 Å². The molecule has 2 heterocycles. The van der Waals surface area contributed by atoms with Crippen LogP contribution in [0, 0.1) is 0 Å². The lowest BCUT2D eigenvalue weighted by Gasteiger charge is -2.06. The second-order valence-electron chi connectivity index (χ2n) is 5.31. The van der Waals surface area contributed by atoms with Gasteiger partial charge in [0.25, 0.3) is 0 Å². The van der Waals surface area contributed by atoms with Crippen LogP contribution >= 0.6 is 11.8 Å². The minimum absolute atomic E-state index is 0.439. The van der Waals surface area contributed by atoms with Crippen molar-refractivity contribution in [3.05, 3.63) is 24.2 Å². The van der Waals surface area contributed by atoms with Gasteiger partial charge >= 0.3 is 0 Å². The first-order valence-corrected chi connectivity index (χ1v) is 8.69. The number of hydrogen-bond acceptors (Lipinski definition) is 4. The summed E-state index contributed by atoms with van der Waals surface area (Å²) in [5.74, 6) is 2.64. The molecular weight excluding hydrogens is 268 g/mol. The molecule has 5 heteroatoms. The predicted molar refractivity (Wildman–Crippen MR) is 87.8 cm³/mol. The SMILES string of the molecule is CSCCCCCNc1nccn2nc(C(C)C)cc12. The van der Waals surface area contributed by atoms with Gasteiger partial charge in [-0.15, -0.1) is 0 Å². The fourth-order valence-corrected chi connectivity index (χ4v) is 2.61. The maximum absolute atomic E-state index is 4.58. The maximum atomic E-state index is 4.58. The number of thioether (sulfide) groups is 1. The molecule has 2 aromatic heterocycles. The van der Waals surface area contributed by atoms with Gasteiger partial charge in [-0.1, -0.05) is 20.3 Å². The molecule has 0 bridgehead atoms. The van der Waals surface area contributed by atoms with E-state index in [1.165, 1.54) is 25.0 Å². The Kier molecular flexibility index (Phi) is 5.71. The molecule has 0 saturated heterocycles. The Bertz CT molecular complexity index is 536. The van der Waals surface area contributed by atoms with E-state index in [0.717, 1.165) is 23.6 Å². The third-order valence-corrected chi connectivity index (χ3v) is 4.01. The number of nitrogens with one attached hydrogen (secondary N) is 1. The molecule has 0 fully saturated rings. The molecule has 2 aromatic rings. The van der Waals surface area contributed by atoms with Gasteiger partial charge in [-0.3, -0.25) is 0 Å². The van der Waals surface area contributed by atoms with E-state index in [0.29, 0.717) is 5.92 Å². The standard InChI is InChI=1S/C15H24N4S/c1-12(2)13-11-14-15(17-8-9-19(14)18-13)16-7-5-4-6-10-20-3/h8-9,11-12H,4-7,10H2,1-3H3,(H,16,17). The van der Waals surface area contributed by atoms with Crippen LogP contribution in [-0.2, 0) is 0 Å². The van der Waals surface area contributed by atoms with Crippen molar-refractivity contribution in [1.29, 1.82) is 0 Å². The molecule has 0 aliphatic heterocycles. The molecule has 0 spiro atoms. The van der Waals surface area contributed by atoms with Crippen LogP contribution in [-0.4, -0.2) is 33.2 Å². The molecule has 110 valence electrons. The van der Waals surface area contributed by atoms with Gasteiger partial charge in [-0.05, 0) is 36.8 Å². The van der Waals surface area contributed by atoms with Crippen LogP contribution in [0.3, 0.4) is 0 Å². The highest BCUT2D eigenvalue weighted by Crippen LogP contribution is 2.19. The summed E-state index contributed by atoms with van der Waals surface area (Å²) in [6.07, 6.45) is 9.63. The lowest BCUT2D eigenvalue weighted by molar-refractivity contribution is 0.747. The number of nitrogens with zero attached hydrogens (tertiary/aromatic N) is 3. The molecule has 1 N–H and O–H groups in total. The molecule has 4 nitrogen and oxygen atoms in total. The van der Waals surface area contributed by atoms with Gasteiger partial charge in [0.15, 0.2) is 5.82 Å². The zero-order valence-electron chi connectivity index (χ0n) is 12.6. The highest BCUT2D eigenvalue weighted by molar-refractivity contribution is 7.98. The summed E-state index contributed by atoms with van der Waals surface area (Å²) >= 11 is 1.92. The van der Waals surface area contributed by atoms with E-state index < -0.39 is 0 Å². The van der Waals surface area contributed by atoms with Crippen molar-refractivity contribution in [1.82, 2.24) is 14.6 Å². The Balaban J connectivity index is 1.95. The van der Waals surface area contributed by atoms with Crippen LogP contribution in [0.25, 0.3) is 5.52 Å². The van der Waals surface area contributed by atoms with E-state index in [9.17, 15) is 0 Å². The van der Waals surface area contributed by atoms with Gasteiger partial charge < -0.3 is 5.32 Å². The maximum Gasteiger partial charge on any atom is 0.152 e. The van der Waals surface area contributed by atoms with E-state index in [2.05, 4.69) is 41.6 Å². The largest absolute Gasteiger partial charge is 0.368 e. The third-order valence-electron chi connectivity index (χ3n) is 3.32. The Morgan fingerprint density at radius 1 is 1.30 bits per heavy atom. The van der Waals surface area contributed by atoms with Gasteiger partial charge in [0, 0.05) is 18.9 Å². The second-order valence-corrected chi connectivity index (χ2v) is 6.30. The average Bonchev–Trinajstić information content (AvgIpc) is 2.87. The van der Waals surface area contributed by atoms with E-state index in [4.69, 9.17) is 0 Å². The molecule has 0 radical (unpaired) electrons. The van der Waals surface area contributed by atoms with Crippen molar-refractivity contribution >= 4 is 23.1 Å². The lowest BCUT2D eigenvalue weighted by atomic mass is 10.1. The van der Waals surface area contributed by atoms with Gasteiger partial charge in [-0.25, -0.2) is 9.50 Å². The van der Waals surface area contributed by atoms with Crippen LogP contribution < -0.4 is 5.32 Å². The summed E-state index contributed by atoms with van der Waals surface area (Å²) < 4.78 is 1.92. The molecule has 0 aliphatic rings. The Morgan fingerprint density at radius 2 is 2.15 bits per heavy atom. The fourth-order valence-electron chi connectivity index (χ4n) is 2.11.